The lowest BCUT2D eigenvalue weighted by atomic mass is 9.99. The molecule has 3 heterocycles. The van der Waals surface area contributed by atoms with Gasteiger partial charge < -0.3 is 16.2 Å². The molecule has 1 fully saturated rings. The molecule has 3 aromatic rings. The zero-order valence-electron chi connectivity index (χ0n) is 17.7. The number of ether oxygens (including phenoxy) is 1. The molecular weight excluding hydrogens is 399 g/mol. The van der Waals surface area contributed by atoms with Gasteiger partial charge in [-0.1, -0.05) is 0 Å². The Kier molecular flexibility index (Phi) is 5.22. The highest BCUT2D eigenvalue weighted by Crippen LogP contribution is 2.35. The van der Waals surface area contributed by atoms with E-state index in [1.165, 1.54) is 17.0 Å². The number of nitrogen functional groups attached to an aromatic ring is 1. The Labute approximate surface area is 179 Å². The van der Waals surface area contributed by atoms with E-state index in [1.807, 2.05) is 20.8 Å². The zero-order valence-corrected chi connectivity index (χ0v) is 17.7. The summed E-state index contributed by atoms with van der Waals surface area (Å²) in [4.78, 5) is 27.5. The molecule has 0 radical (unpaired) electrons. The van der Waals surface area contributed by atoms with Gasteiger partial charge in [-0.3, -0.25) is 4.90 Å². The monoisotopic (exact) mass is 424 g/mol. The van der Waals surface area contributed by atoms with Crippen LogP contribution < -0.4 is 11.5 Å². The van der Waals surface area contributed by atoms with E-state index < -0.39 is 17.9 Å². The van der Waals surface area contributed by atoms with Crippen molar-refractivity contribution in [1.82, 2.24) is 19.9 Å². The SMILES string of the molecule is CC(C)(C)OC(=O)N1CCC(c2nc(N)nc3ccc(-c4ccc(F)cc4)nc23)[C@H]1N. The lowest BCUT2D eigenvalue weighted by Gasteiger charge is -2.28. The molecule has 1 aliphatic rings. The Morgan fingerprint density at radius 3 is 2.52 bits per heavy atom. The molecule has 1 aromatic carbocycles. The van der Waals surface area contributed by atoms with Gasteiger partial charge in [-0.15, -0.1) is 0 Å². The second-order valence-electron chi connectivity index (χ2n) is 8.60. The van der Waals surface area contributed by atoms with Crippen LogP contribution in [0.5, 0.6) is 0 Å². The van der Waals surface area contributed by atoms with Gasteiger partial charge in [0.25, 0.3) is 0 Å². The Morgan fingerprint density at radius 1 is 1.13 bits per heavy atom. The van der Waals surface area contributed by atoms with Crippen LogP contribution in [0.4, 0.5) is 15.1 Å². The second-order valence-corrected chi connectivity index (χ2v) is 8.60. The van der Waals surface area contributed by atoms with Crippen LogP contribution in [-0.4, -0.2) is 44.3 Å². The third kappa shape index (κ3) is 4.27. The minimum Gasteiger partial charge on any atom is -0.444 e. The topological polar surface area (TPSA) is 120 Å². The van der Waals surface area contributed by atoms with E-state index in [-0.39, 0.29) is 17.7 Å². The molecule has 2 aromatic heterocycles. The highest BCUT2D eigenvalue weighted by atomic mass is 19.1. The average molecular weight is 424 g/mol. The fraction of sp³-hybridized carbons (Fsp3) is 0.364. The summed E-state index contributed by atoms with van der Waals surface area (Å²) in [6.45, 7) is 5.86. The van der Waals surface area contributed by atoms with E-state index in [4.69, 9.17) is 21.2 Å². The predicted molar refractivity (Wildman–Crippen MR) is 115 cm³/mol. The van der Waals surface area contributed by atoms with E-state index in [0.29, 0.717) is 35.4 Å². The zero-order chi connectivity index (χ0) is 22.3. The Hall–Kier alpha value is -3.33. The summed E-state index contributed by atoms with van der Waals surface area (Å²) in [5.41, 5.74) is 14.9. The highest BCUT2D eigenvalue weighted by molar-refractivity contribution is 5.81. The first-order valence-corrected chi connectivity index (χ1v) is 10.1. The lowest BCUT2D eigenvalue weighted by molar-refractivity contribution is 0.0224. The summed E-state index contributed by atoms with van der Waals surface area (Å²) < 4.78 is 18.8. The smallest absolute Gasteiger partial charge is 0.411 e. The number of carbonyl (C=O) groups excluding carboxylic acids is 1. The van der Waals surface area contributed by atoms with Crippen LogP contribution in [0.25, 0.3) is 22.3 Å². The minimum absolute atomic E-state index is 0.113. The predicted octanol–water partition coefficient (Wildman–Crippen LogP) is 3.42. The Bertz CT molecular complexity index is 1130. The number of halogens is 1. The number of fused-ring (bicyclic) bond motifs is 1. The molecule has 4 N–H and O–H groups in total. The summed E-state index contributed by atoms with van der Waals surface area (Å²) in [6.07, 6.45) is -0.508. The largest absolute Gasteiger partial charge is 0.444 e. The summed E-state index contributed by atoms with van der Waals surface area (Å²) in [7, 11) is 0. The Morgan fingerprint density at radius 2 is 1.84 bits per heavy atom. The van der Waals surface area contributed by atoms with Crippen molar-refractivity contribution in [3.63, 3.8) is 0 Å². The van der Waals surface area contributed by atoms with Crippen LogP contribution in [0.2, 0.25) is 0 Å². The first kappa shape index (κ1) is 20.9. The molecule has 0 saturated carbocycles. The Balaban J connectivity index is 1.72. The first-order chi connectivity index (χ1) is 14.6. The van der Waals surface area contributed by atoms with Crippen molar-refractivity contribution in [2.45, 2.75) is 44.9 Å². The van der Waals surface area contributed by atoms with Crippen LogP contribution in [0.15, 0.2) is 36.4 Å². The van der Waals surface area contributed by atoms with Crippen molar-refractivity contribution in [1.29, 1.82) is 0 Å². The third-order valence-electron chi connectivity index (χ3n) is 5.16. The number of hydrogen-bond acceptors (Lipinski definition) is 7. The van der Waals surface area contributed by atoms with Gasteiger partial charge in [0.2, 0.25) is 5.95 Å². The summed E-state index contributed by atoms with van der Waals surface area (Å²) >= 11 is 0. The molecule has 31 heavy (non-hydrogen) atoms. The van der Waals surface area contributed by atoms with Crippen molar-refractivity contribution in [2.75, 3.05) is 12.3 Å². The number of likely N-dealkylation sites (tertiary alicyclic amines) is 1. The number of rotatable bonds is 2. The van der Waals surface area contributed by atoms with E-state index >= 15 is 0 Å². The van der Waals surface area contributed by atoms with Crippen LogP contribution in [0.1, 0.15) is 38.8 Å². The molecule has 2 atom stereocenters. The molecule has 1 amide bonds. The van der Waals surface area contributed by atoms with Crippen molar-refractivity contribution < 1.29 is 13.9 Å². The number of nitrogens with zero attached hydrogens (tertiary/aromatic N) is 4. The van der Waals surface area contributed by atoms with Gasteiger partial charge in [0.1, 0.15) is 16.9 Å². The van der Waals surface area contributed by atoms with Gasteiger partial charge in [-0.05, 0) is 63.6 Å². The number of benzene rings is 1. The maximum atomic E-state index is 13.3. The molecular formula is C22H25FN6O2. The normalized spacial score (nSPS) is 19.1. The summed E-state index contributed by atoms with van der Waals surface area (Å²) in [6, 6.07) is 9.68. The number of amides is 1. The fourth-order valence-electron chi connectivity index (χ4n) is 3.74. The standard InChI is InChI=1S/C22H25FN6O2/c1-22(2,3)31-21(30)29-11-10-14(19(29)24)17-18-16(27-20(25)28-17)9-8-15(26-18)12-4-6-13(23)7-5-12/h4-9,14,19H,10-11,24H2,1-3H3,(H2,25,27,28)/t14?,19-/m0/s1. The molecule has 1 unspecified atom stereocenters. The maximum Gasteiger partial charge on any atom is 0.411 e. The van der Waals surface area contributed by atoms with E-state index in [9.17, 15) is 9.18 Å². The first-order valence-electron chi connectivity index (χ1n) is 10.1. The number of aromatic nitrogens is 3. The molecule has 1 aliphatic heterocycles. The molecule has 4 rings (SSSR count). The van der Waals surface area contributed by atoms with E-state index in [1.54, 1.807) is 24.3 Å². The number of nitrogens with two attached hydrogens (primary N) is 2. The van der Waals surface area contributed by atoms with Gasteiger partial charge in [-0.2, -0.15) is 0 Å². The average Bonchev–Trinajstić information content (AvgIpc) is 3.08. The van der Waals surface area contributed by atoms with Gasteiger partial charge in [-0.25, -0.2) is 24.1 Å². The fourth-order valence-corrected chi connectivity index (χ4v) is 3.74. The lowest BCUT2D eigenvalue weighted by Crippen LogP contribution is -2.45. The molecule has 1 saturated heterocycles. The van der Waals surface area contributed by atoms with Gasteiger partial charge >= 0.3 is 6.09 Å². The number of pyridine rings is 1. The van der Waals surface area contributed by atoms with E-state index in [2.05, 4.69) is 9.97 Å². The third-order valence-corrected chi connectivity index (χ3v) is 5.16. The minimum atomic E-state index is -0.636. The van der Waals surface area contributed by atoms with Crippen LogP contribution in [0.3, 0.4) is 0 Å². The number of carbonyl (C=O) groups is 1. The number of hydrogen-bond donors (Lipinski definition) is 2. The highest BCUT2D eigenvalue weighted by Gasteiger charge is 2.39. The molecule has 0 aliphatic carbocycles. The van der Waals surface area contributed by atoms with Gasteiger partial charge in [0, 0.05) is 18.0 Å². The molecule has 8 nitrogen and oxygen atoms in total. The second kappa shape index (κ2) is 7.73. The van der Waals surface area contributed by atoms with Crippen LogP contribution >= 0.6 is 0 Å². The van der Waals surface area contributed by atoms with E-state index in [0.717, 1.165) is 5.56 Å². The van der Waals surface area contributed by atoms with Gasteiger partial charge in [0.05, 0.1) is 23.1 Å². The molecule has 9 heteroatoms. The quantitative estimate of drug-likeness (QED) is 0.647. The molecule has 0 bridgehead atoms. The van der Waals surface area contributed by atoms with Crippen LogP contribution in [0, 0.1) is 5.82 Å². The van der Waals surface area contributed by atoms with Crippen molar-refractivity contribution >= 4 is 23.1 Å². The molecule has 162 valence electrons. The number of anilines is 1. The van der Waals surface area contributed by atoms with Crippen LogP contribution in [-0.2, 0) is 4.74 Å². The van der Waals surface area contributed by atoms with Gasteiger partial charge in [0.15, 0.2) is 0 Å². The maximum absolute atomic E-state index is 13.3. The van der Waals surface area contributed by atoms with Crippen molar-refractivity contribution in [3.8, 4) is 11.3 Å². The van der Waals surface area contributed by atoms with Crippen molar-refractivity contribution in [3.05, 3.63) is 47.9 Å². The summed E-state index contributed by atoms with van der Waals surface area (Å²) in [5, 5.41) is 0. The van der Waals surface area contributed by atoms with Crippen molar-refractivity contribution in [2.24, 2.45) is 5.73 Å². The molecule has 0 spiro atoms. The summed E-state index contributed by atoms with van der Waals surface area (Å²) in [5.74, 6) is -0.487.